The Bertz CT molecular complexity index is 459. The molecule has 1 aliphatic rings. The monoisotopic (exact) mass is 295 g/mol. The van der Waals surface area contributed by atoms with Crippen LogP contribution < -0.4 is 4.90 Å². The van der Waals surface area contributed by atoms with Crippen molar-refractivity contribution in [2.75, 3.05) is 30.3 Å². The number of hydrogen-bond donors (Lipinski definition) is 0. The minimum atomic E-state index is -0.215. The fourth-order valence-electron chi connectivity index (χ4n) is 2.21. The minimum absolute atomic E-state index is 0.215. The highest BCUT2D eigenvalue weighted by Crippen LogP contribution is 2.27. The summed E-state index contributed by atoms with van der Waals surface area (Å²) in [5, 5.41) is 0.766. The minimum Gasteiger partial charge on any atom is -0.465 e. The molecular weight excluding hydrogens is 274 g/mol. The van der Waals surface area contributed by atoms with E-state index in [0.29, 0.717) is 18.4 Å². The van der Waals surface area contributed by atoms with Crippen LogP contribution in [0.3, 0.4) is 0 Å². The second kappa shape index (κ2) is 6.92. The van der Waals surface area contributed by atoms with Crippen molar-refractivity contribution in [1.82, 2.24) is 9.97 Å². The first-order valence-electron chi connectivity index (χ1n) is 6.95. The second-order valence-corrected chi connectivity index (χ2v) is 6.16. The van der Waals surface area contributed by atoms with Gasteiger partial charge in [-0.05, 0) is 18.8 Å². The zero-order valence-corrected chi connectivity index (χ0v) is 13.0. The van der Waals surface area contributed by atoms with Crippen LogP contribution >= 0.6 is 11.8 Å². The number of ether oxygens (including phenoxy) is 1. The number of carbonyl (C=O) groups is 1. The Morgan fingerprint density at radius 1 is 1.40 bits per heavy atom. The van der Waals surface area contributed by atoms with E-state index in [4.69, 9.17) is 4.74 Å². The number of thioether (sulfide) groups is 1. The molecule has 5 nitrogen and oxygen atoms in total. The molecule has 2 atom stereocenters. The van der Waals surface area contributed by atoms with Crippen LogP contribution in [0.2, 0.25) is 0 Å². The van der Waals surface area contributed by atoms with Gasteiger partial charge in [0.15, 0.2) is 0 Å². The van der Waals surface area contributed by atoms with Gasteiger partial charge in [0.1, 0.15) is 10.8 Å². The Morgan fingerprint density at radius 2 is 2.10 bits per heavy atom. The quantitative estimate of drug-likeness (QED) is 0.613. The van der Waals surface area contributed by atoms with E-state index in [-0.39, 0.29) is 11.7 Å². The Hall–Kier alpha value is -1.30. The molecule has 2 heterocycles. The van der Waals surface area contributed by atoms with Gasteiger partial charge in [0.2, 0.25) is 0 Å². The first-order chi connectivity index (χ1) is 9.60. The van der Waals surface area contributed by atoms with Crippen LogP contribution in [0.25, 0.3) is 0 Å². The summed E-state index contributed by atoms with van der Waals surface area (Å²) >= 11 is 1.37. The number of anilines is 1. The van der Waals surface area contributed by atoms with Gasteiger partial charge in [-0.2, -0.15) is 0 Å². The molecule has 0 aliphatic carbocycles. The number of nitrogens with zero attached hydrogens (tertiary/aromatic N) is 3. The van der Waals surface area contributed by atoms with Crippen LogP contribution in [-0.4, -0.2) is 41.4 Å². The maximum atomic E-state index is 11.3. The summed E-state index contributed by atoms with van der Waals surface area (Å²) in [7, 11) is 0. The molecular formula is C14H21N3O2S. The molecule has 0 saturated carbocycles. The van der Waals surface area contributed by atoms with E-state index in [1.54, 1.807) is 19.3 Å². The van der Waals surface area contributed by atoms with Gasteiger partial charge in [0.25, 0.3) is 0 Å². The van der Waals surface area contributed by atoms with E-state index < -0.39 is 0 Å². The molecule has 6 heteroatoms. The van der Waals surface area contributed by atoms with Gasteiger partial charge < -0.3 is 9.64 Å². The normalized spacial score (nSPS) is 22.1. The predicted molar refractivity (Wildman–Crippen MR) is 79.9 cm³/mol. The van der Waals surface area contributed by atoms with Crippen LogP contribution in [-0.2, 0) is 9.53 Å². The molecule has 20 heavy (non-hydrogen) atoms. The zero-order valence-electron chi connectivity index (χ0n) is 12.2. The Balaban J connectivity index is 1.96. The lowest BCUT2D eigenvalue weighted by molar-refractivity contribution is -0.139. The molecule has 0 spiro atoms. The third-order valence-electron chi connectivity index (χ3n) is 3.56. The van der Waals surface area contributed by atoms with Crippen LogP contribution in [0, 0.1) is 11.8 Å². The van der Waals surface area contributed by atoms with Gasteiger partial charge in [0.05, 0.1) is 24.8 Å². The van der Waals surface area contributed by atoms with Crippen molar-refractivity contribution in [3.63, 3.8) is 0 Å². The van der Waals surface area contributed by atoms with Crippen LogP contribution in [0.15, 0.2) is 17.4 Å². The van der Waals surface area contributed by atoms with E-state index in [9.17, 15) is 4.79 Å². The van der Waals surface area contributed by atoms with Gasteiger partial charge in [-0.25, -0.2) is 4.98 Å². The van der Waals surface area contributed by atoms with Crippen molar-refractivity contribution in [2.24, 2.45) is 11.8 Å². The topological polar surface area (TPSA) is 55.3 Å². The largest absolute Gasteiger partial charge is 0.465 e. The zero-order chi connectivity index (χ0) is 14.5. The van der Waals surface area contributed by atoms with Crippen LogP contribution in [0.4, 0.5) is 5.82 Å². The summed E-state index contributed by atoms with van der Waals surface area (Å²) in [4.78, 5) is 22.4. The van der Waals surface area contributed by atoms with Gasteiger partial charge >= 0.3 is 5.97 Å². The van der Waals surface area contributed by atoms with Crippen molar-refractivity contribution in [3.8, 4) is 0 Å². The SMILES string of the molecule is CCOC(=O)CSc1cncc(N2CC(C)C(C)C2)n1. The molecule has 0 radical (unpaired) electrons. The van der Waals surface area contributed by atoms with E-state index in [1.807, 2.05) is 0 Å². The third-order valence-corrected chi connectivity index (χ3v) is 4.43. The molecule has 1 aromatic heterocycles. The Morgan fingerprint density at radius 3 is 2.75 bits per heavy atom. The highest BCUT2D eigenvalue weighted by molar-refractivity contribution is 7.99. The highest BCUT2D eigenvalue weighted by Gasteiger charge is 2.27. The van der Waals surface area contributed by atoms with Crippen LogP contribution in [0.5, 0.6) is 0 Å². The standard InChI is InChI=1S/C14H21N3O2S/c1-4-19-14(18)9-20-13-6-15-5-12(16-13)17-7-10(2)11(3)8-17/h5-6,10-11H,4,7-9H2,1-3H3. The maximum Gasteiger partial charge on any atom is 0.316 e. The van der Waals surface area contributed by atoms with Gasteiger partial charge in [-0.3, -0.25) is 9.78 Å². The van der Waals surface area contributed by atoms with Crippen LogP contribution in [0.1, 0.15) is 20.8 Å². The molecule has 1 saturated heterocycles. The molecule has 2 rings (SSSR count). The summed E-state index contributed by atoms with van der Waals surface area (Å²) in [5.41, 5.74) is 0. The van der Waals surface area contributed by atoms with Crippen molar-refractivity contribution in [2.45, 2.75) is 25.8 Å². The summed E-state index contributed by atoms with van der Waals surface area (Å²) in [5.74, 6) is 2.31. The average Bonchev–Trinajstić information content (AvgIpc) is 2.77. The number of carbonyl (C=O) groups excluding carboxylic acids is 1. The molecule has 1 aromatic rings. The van der Waals surface area contributed by atoms with Crippen molar-refractivity contribution in [1.29, 1.82) is 0 Å². The lowest BCUT2D eigenvalue weighted by atomic mass is 10.0. The predicted octanol–water partition coefficient (Wildman–Crippen LogP) is 2.22. The lowest BCUT2D eigenvalue weighted by Gasteiger charge is -2.17. The van der Waals surface area contributed by atoms with Crippen molar-refractivity contribution in [3.05, 3.63) is 12.4 Å². The summed E-state index contributed by atoms with van der Waals surface area (Å²) < 4.78 is 4.90. The summed E-state index contributed by atoms with van der Waals surface area (Å²) in [6.45, 7) is 8.77. The first-order valence-corrected chi connectivity index (χ1v) is 7.94. The second-order valence-electron chi connectivity index (χ2n) is 5.17. The molecule has 0 N–H and O–H groups in total. The molecule has 110 valence electrons. The molecule has 1 fully saturated rings. The Labute approximate surface area is 124 Å². The van der Waals surface area contributed by atoms with E-state index in [0.717, 1.165) is 23.9 Å². The number of rotatable bonds is 5. The number of aromatic nitrogens is 2. The molecule has 0 aromatic carbocycles. The van der Waals surface area contributed by atoms with Crippen molar-refractivity contribution >= 4 is 23.5 Å². The molecule has 0 amide bonds. The first kappa shape index (κ1) is 15.1. The van der Waals surface area contributed by atoms with E-state index >= 15 is 0 Å². The summed E-state index contributed by atoms with van der Waals surface area (Å²) in [6.07, 6.45) is 3.48. The molecule has 0 bridgehead atoms. The number of esters is 1. The van der Waals surface area contributed by atoms with Gasteiger partial charge in [-0.1, -0.05) is 25.6 Å². The van der Waals surface area contributed by atoms with Crippen molar-refractivity contribution < 1.29 is 9.53 Å². The Kier molecular flexibility index (Phi) is 5.23. The maximum absolute atomic E-state index is 11.3. The van der Waals surface area contributed by atoms with Gasteiger partial charge in [-0.15, -0.1) is 0 Å². The molecule has 2 unspecified atom stereocenters. The third kappa shape index (κ3) is 3.85. The summed E-state index contributed by atoms with van der Waals surface area (Å²) in [6, 6.07) is 0. The van der Waals surface area contributed by atoms with E-state index in [2.05, 4.69) is 28.7 Å². The average molecular weight is 295 g/mol. The smallest absolute Gasteiger partial charge is 0.316 e. The van der Waals surface area contributed by atoms with E-state index in [1.165, 1.54) is 11.8 Å². The lowest BCUT2D eigenvalue weighted by Crippen LogP contribution is -2.21. The number of hydrogen-bond acceptors (Lipinski definition) is 6. The fourth-order valence-corrected chi connectivity index (χ4v) is 2.86. The molecule has 1 aliphatic heterocycles. The highest BCUT2D eigenvalue weighted by atomic mass is 32.2. The fraction of sp³-hybridized carbons (Fsp3) is 0.643. The van der Waals surface area contributed by atoms with Gasteiger partial charge in [0, 0.05) is 13.1 Å².